The molecule has 1 amide bonds. The van der Waals surface area contributed by atoms with Crippen LogP contribution >= 0.6 is 0 Å². The predicted molar refractivity (Wildman–Crippen MR) is 81.6 cm³/mol. The lowest BCUT2D eigenvalue weighted by Crippen LogP contribution is -2.38. The van der Waals surface area contributed by atoms with Gasteiger partial charge >= 0.3 is 0 Å². The highest BCUT2D eigenvalue weighted by Gasteiger charge is 2.34. The SMILES string of the molecule is O=NC(=O)C1CCC(N2CNC(C3=CCCCC3)C2)CC1. The fourth-order valence-electron chi connectivity index (χ4n) is 4.06. The molecule has 1 unspecified atom stereocenters. The van der Waals surface area contributed by atoms with Gasteiger partial charge < -0.3 is 0 Å². The van der Waals surface area contributed by atoms with Crippen LogP contribution in [0, 0.1) is 10.8 Å². The molecular weight excluding hydrogens is 266 g/mol. The first-order chi connectivity index (χ1) is 10.3. The summed E-state index contributed by atoms with van der Waals surface area (Å²) in [5, 5.41) is 6.23. The zero-order valence-electron chi connectivity index (χ0n) is 12.6. The summed E-state index contributed by atoms with van der Waals surface area (Å²) in [4.78, 5) is 24.2. The molecule has 0 aromatic rings. The predicted octanol–water partition coefficient (Wildman–Crippen LogP) is 2.57. The number of amides is 1. The lowest BCUT2D eigenvalue weighted by atomic mass is 9.85. The van der Waals surface area contributed by atoms with Gasteiger partial charge in [0, 0.05) is 36.4 Å². The maximum Gasteiger partial charge on any atom is 0.289 e. The van der Waals surface area contributed by atoms with E-state index in [9.17, 15) is 9.70 Å². The summed E-state index contributed by atoms with van der Waals surface area (Å²) in [6.07, 6.45) is 11.2. The zero-order valence-corrected chi connectivity index (χ0v) is 12.6. The van der Waals surface area contributed by atoms with Crippen LogP contribution in [0.5, 0.6) is 0 Å². The van der Waals surface area contributed by atoms with Crippen molar-refractivity contribution in [2.24, 2.45) is 11.1 Å². The lowest BCUT2D eigenvalue weighted by molar-refractivity contribution is -0.122. The van der Waals surface area contributed by atoms with Crippen LogP contribution in [0.1, 0.15) is 51.4 Å². The summed E-state index contributed by atoms with van der Waals surface area (Å²) in [6, 6.07) is 1.09. The van der Waals surface area contributed by atoms with Gasteiger partial charge in [-0.05, 0) is 51.4 Å². The highest BCUT2D eigenvalue weighted by molar-refractivity contribution is 5.79. The van der Waals surface area contributed by atoms with Crippen molar-refractivity contribution in [2.75, 3.05) is 13.2 Å². The number of allylic oxidation sites excluding steroid dienone is 1. The van der Waals surface area contributed by atoms with Crippen LogP contribution in [0.2, 0.25) is 0 Å². The highest BCUT2D eigenvalue weighted by atomic mass is 16.3. The average molecular weight is 291 g/mol. The molecule has 3 aliphatic rings. The van der Waals surface area contributed by atoms with Gasteiger partial charge in [0.25, 0.3) is 5.91 Å². The Hall–Kier alpha value is -1.07. The van der Waals surface area contributed by atoms with Crippen LogP contribution in [0.25, 0.3) is 0 Å². The van der Waals surface area contributed by atoms with E-state index >= 15 is 0 Å². The van der Waals surface area contributed by atoms with Crippen LogP contribution in [0.3, 0.4) is 0 Å². The summed E-state index contributed by atoms with van der Waals surface area (Å²) in [7, 11) is 0. The Kier molecular flexibility index (Phi) is 4.80. The van der Waals surface area contributed by atoms with E-state index in [1.54, 1.807) is 5.57 Å². The Bertz CT molecular complexity index is 427. The molecule has 0 bridgehead atoms. The van der Waals surface area contributed by atoms with Gasteiger partial charge in [0.05, 0.1) is 0 Å². The van der Waals surface area contributed by atoms with Crippen LogP contribution in [0.15, 0.2) is 16.8 Å². The number of carbonyl (C=O) groups excluding carboxylic acids is 1. The number of hydrogen-bond donors (Lipinski definition) is 1. The molecule has 0 radical (unpaired) electrons. The molecule has 1 saturated carbocycles. The quantitative estimate of drug-likeness (QED) is 0.641. The molecular formula is C16H25N3O2. The number of carbonyl (C=O) groups is 1. The van der Waals surface area contributed by atoms with E-state index in [4.69, 9.17) is 0 Å². The van der Waals surface area contributed by atoms with Crippen molar-refractivity contribution >= 4 is 5.91 Å². The Morgan fingerprint density at radius 1 is 1.24 bits per heavy atom. The normalized spacial score (nSPS) is 34.5. The van der Waals surface area contributed by atoms with Gasteiger partial charge in [-0.3, -0.25) is 15.0 Å². The molecule has 0 spiro atoms. The first kappa shape index (κ1) is 14.9. The van der Waals surface area contributed by atoms with Crippen LogP contribution in [-0.4, -0.2) is 36.1 Å². The van der Waals surface area contributed by atoms with Gasteiger partial charge in [-0.15, -0.1) is 4.91 Å². The van der Waals surface area contributed by atoms with Gasteiger partial charge in [0.15, 0.2) is 0 Å². The van der Waals surface area contributed by atoms with E-state index in [0.717, 1.165) is 38.9 Å². The number of hydrogen-bond acceptors (Lipinski definition) is 4. The van der Waals surface area contributed by atoms with E-state index < -0.39 is 5.91 Å². The lowest BCUT2D eigenvalue weighted by Gasteiger charge is -2.33. The fourth-order valence-corrected chi connectivity index (χ4v) is 4.06. The van der Waals surface area contributed by atoms with Crippen molar-refractivity contribution < 1.29 is 4.79 Å². The monoisotopic (exact) mass is 291 g/mol. The van der Waals surface area contributed by atoms with Gasteiger partial charge in [0.2, 0.25) is 0 Å². The Labute approximate surface area is 126 Å². The fraction of sp³-hybridized carbons (Fsp3) is 0.812. The first-order valence-corrected chi connectivity index (χ1v) is 8.31. The smallest absolute Gasteiger partial charge is 0.289 e. The van der Waals surface area contributed by atoms with Crippen molar-refractivity contribution in [1.82, 2.24) is 10.2 Å². The summed E-state index contributed by atoms with van der Waals surface area (Å²) in [5.41, 5.74) is 1.60. The molecule has 0 aromatic heterocycles. The highest BCUT2D eigenvalue weighted by Crippen LogP contribution is 2.31. The number of rotatable bonds is 3. The van der Waals surface area contributed by atoms with Crippen LogP contribution in [-0.2, 0) is 4.79 Å². The first-order valence-electron chi connectivity index (χ1n) is 8.31. The molecule has 1 N–H and O–H groups in total. The topological polar surface area (TPSA) is 61.8 Å². The second-order valence-electron chi connectivity index (χ2n) is 6.65. The van der Waals surface area contributed by atoms with Gasteiger partial charge in [-0.2, -0.15) is 0 Å². The molecule has 21 heavy (non-hydrogen) atoms. The van der Waals surface area contributed by atoms with Crippen molar-refractivity contribution in [2.45, 2.75) is 63.5 Å². The van der Waals surface area contributed by atoms with E-state index in [0.29, 0.717) is 12.1 Å². The summed E-state index contributed by atoms with van der Waals surface area (Å²) in [6.45, 7) is 2.05. The Balaban J connectivity index is 1.50. The molecule has 1 saturated heterocycles. The molecule has 2 aliphatic carbocycles. The zero-order chi connectivity index (χ0) is 14.7. The molecule has 2 fully saturated rings. The summed E-state index contributed by atoms with van der Waals surface area (Å²) < 4.78 is 0. The third kappa shape index (κ3) is 3.40. The number of nitrogens with zero attached hydrogens (tertiary/aromatic N) is 2. The average Bonchev–Trinajstić information content (AvgIpc) is 3.05. The molecule has 1 heterocycles. The van der Waals surface area contributed by atoms with Crippen LogP contribution < -0.4 is 5.32 Å². The van der Waals surface area contributed by atoms with Crippen molar-refractivity contribution in [3.8, 4) is 0 Å². The maximum atomic E-state index is 11.3. The second kappa shape index (κ2) is 6.79. The van der Waals surface area contributed by atoms with Crippen LogP contribution in [0.4, 0.5) is 0 Å². The molecule has 1 aliphatic heterocycles. The molecule has 116 valence electrons. The minimum Gasteiger partial charge on any atom is -0.296 e. The largest absolute Gasteiger partial charge is 0.296 e. The summed E-state index contributed by atoms with van der Waals surface area (Å²) >= 11 is 0. The Morgan fingerprint density at radius 2 is 2.05 bits per heavy atom. The maximum absolute atomic E-state index is 11.3. The molecule has 5 heteroatoms. The van der Waals surface area contributed by atoms with E-state index in [1.165, 1.54) is 25.7 Å². The molecule has 1 atom stereocenters. The third-order valence-corrected chi connectivity index (χ3v) is 5.38. The summed E-state index contributed by atoms with van der Waals surface area (Å²) in [5.74, 6) is -0.565. The number of nitroso groups, excluding NO2 is 1. The molecule has 3 rings (SSSR count). The van der Waals surface area contributed by atoms with Crippen molar-refractivity contribution in [3.63, 3.8) is 0 Å². The van der Waals surface area contributed by atoms with E-state index in [-0.39, 0.29) is 5.92 Å². The second-order valence-corrected chi connectivity index (χ2v) is 6.65. The van der Waals surface area contributed by atoms with Crippen molar-refractivity contribution in [1.29, 1.82) is 0 Å². The Morgan fingerprint density at radius 3 is 2.71 bits per heavy atom. The number of nitrogens with one attached hydrogen (secondary N) is 1. The molecule has 0 aromatic carbocycles. The van der Waals surface area contributed by atoms with E-state index in [1.807, 2.05) is 0 Å². The third-order valence-electron chi connectivity index (χ3n) is 5.38. The van der Waals surface area contributed by atoms with Gasteiger partial charge in [-0.1, -0.05) is 11.6 Å². The van der Waals surface area contributed by atoms with Gasteiger partial charge in [-0.25, -0.2) is 0 Å². The van der Waals surface area contributed by atoms with Crippen molar-refractivity contribution in [3.05, 3.63) is 16.6 Å². The van der Waals surface area contributed by atoms with E-state index in [2.05, 4.69) is 21.5 Å². The minimum atomic E-state index is -0.446. The van der Waals surface area contributed by atoms with Gasteiger partial charge in [0.1, 0.15) is 0 Å². The molecule has 5 nitrogen and oxygen atoms in total. The minimum absolute atomic E-state index is 0.119. The standard InChI is InChI=1S/C16H25N3O2/c20-16(18-21)13-6-8-14(9-7-13)19-10-15(17-11-19)12-4-2-1-3-5-12/h4,13-15,17H,1-3,5-11H2.